The molecule has 1 aliphatic heterocycles. The third kappa shape index (κ3) is 6.17. The lowest BCUT2D eigenvalue weighted by Gasteiger charge is -2.18. The number of likely N-dealkylation sites (tertiary alicyclic amines) is 1. The van der Waals surface area contributed by atoms with Crippen molar-refractivity contribution in [1.82, 2.24) is 10.2 Å². The molecule has 1 N–H and O–H groups in total. The number of rotatable bonds is 9. The van der Waals surface area contributed by atoms with E-state index < -0.39 is 16.1 Å². The van der Waals surface area contributed by atoms with Gasteiger partial charge in [-0.15, -0.1) is 0 Å². The number of hydrogen-bond acceptors (Lipinski definition) is 5. The summed E-state index contributed by atoms with van der Waals surface area (Å²) in [6.07, 6.45) is 4.02. The number of carbonyl (C=O) groups is 1. The summed E-state index contributed by atoms with van der Waals surface area (Å²) in [5, 5.41) is 2.90. The fraction of sp³-hybridized carbons (Fsp3) is 0.611. The summed E-state index contributed by atoms with van der Waals surface area (Å²) < 4.78 is 29.9. The van der Waals surface area contributed by atoms with E-state index in [0.29, 0.717) is 18.0 Å². The molecular formula is C18H29N3O4S. The van der Waals surface area contributed by atoms with Crippen molar-refractivity contribution in [3.8, 4) is 5.75 Å². The van der Waals surface area contributed by atoms with Crippen LogP contribution in [0.25, 0.3) is 0 Å². The molecule has 1 aromatic rings. The second-order valence-electron chi connectivity index (χ2n) is 6.68. The summed E-state index contributed by atoms with van der Waals surface area (Å²) in [5.41, 5.74) is 0.541. The molecule has 0 radical (unpaired) electrons. The molecule has 2 rings (SSSR count). The van der Waals surface area contributed by atoms with Crippen molar-refractivity contribution in [2.45, 2.75) is 32.3 Å². The SMILES string of the molecule is CC(Oc1ccc(N(C)S(C)(=O)=O)cc1)C(=O)NCCCN1CCCC1. The van der Waals surface area contributed by atoms with Gasteiger partial charge in [0.1, 0.15) is 5.75 Å². The third-order valence-corrected chi connectivity index (χ3v) is 5.73. The summed E-state index contributed by atoms with van der Waals surface area (Å²) in [5.74, 6) is 0.374. The van der Waals surface area contributed by atoms with Crippen LogP contribution in [0.3, 0.4) is 0 Å². The van der Waals surface area contributed by atoms with Crippen molar-refractivity contribution < 1.29 is 17.9 Å². The molecule has 1 atom stereocenters. The van der Waals surface area contributed by atoms with Crippen LogP contribution in [0.5, 0.6) is 5.75 Å². The molecule has 1 saturated heterocycles. The Kier molecular flexibility index (Phi) is 7.28. The highest BCUT2D eigenvalue weighted by Crippen LogP contribution is 2.21. The predicted octanol–water partition coefficient (Wildman–Crippen LogP) is 1.45. The molecule has 0 spiro atoms. The van der Waals surface area contributed by atoms with Crippen molar-refractivity contribution in [1.29, 1.82) is 0 Å². The molecule has 1 unspecified atom stereocenters. The summed E-state index contributed by atoms with van der Waals surface area (Å²) in [6, 6.07) is 6.62. The van der Waals surface area contributed by atoms with Crippen molar-refractivity contribution in [3.63, 3.8) is 0 Å². The maximum absolute atomic E-state index is 12.1. The summed E-state index contributed by atoms with van der Waals surface area (Å²) in [6.45, 7) is 5.69. The van der Waals surface area contributed by atoms with E-state index in [1.807, 2.05) is 0 Å². The predicted molar refractivity (Wildman–Crippen MR) is 103 cm³/mol. The highest BCUT2D eigenvalue weighted by atomic mass is 32.2. The van der Waals surface area contributed by atoms with Crippen LogP contribution in [-0.2, 0) is 14.8 Å². The number of nitrogens with one attached hydrogen (secondary N) is 1. The normalized spacial score (nSPS) is 16.3. The van der Waals surface area contributed by atoms with Gasteiger partial charge in [-0.05, 0) is 70.1 Å². The molecule has 0 aromatic heterocycles. The van der Waals surface area contributed by atoms with Crippen LogP contribution >= 0.6 is 0 Å². The molecule has 1 aliphatic rings. The van der Waals surface area contributed by atoms with E-state index in [0.717, 1.165) is 32.3 Å². The van der Waals surface area contributed by atoms with Crippen molar-refractivity contribution in [2.24, 2.45) is 0 Å². The number of benzene rings is 1. The standard InChI is InChI=1S/C18H29N3O4S/c1-15(18(22)19-11-6-14-21-12-4-5-13-21)25-17-9-7-16(8-10-17)20(2)26(3,23)24/h7-10,15H,4-6,11-14H2,1-3H3,(H,19,22). The number of carbonyl (C=O) groups excluding carboxylic acids is 1. The molecule has 1 amide bonds. The van der Waals surface area contributed by atoms with E-state index in [4.69, 9.17) is 4.74 Å². The molecule has 0 saturated carbocycles. The summed E-state index contributed by atoms with van der Waals surface area (Å²) in [7, 11) is -1.81. The number of anilines is 1. The molecule has 1 heterocycles. The van der Waals surface area contributed by atoms with Gasteiger partial charge in [-0.2, -0.15) is 0 Å². The minimum Gasteiger partial charge on any atom is -0.481 e. The molecular weight excluding hydrogens is 354 g/mol. The van der Waals surface area contributed by atoms with E-state index in [2.05, 4.69) is 10.2 Å². The second-order valence-corrected chi connectivity index (χ2v) is 8.69. The van der Waals surface area contributed by atoms with Gasteiger partial charge in [0, 0.05) is 13.6 Å². The number of amides is 1. The van der Waals surface area contributed by atoms with E-state index in [-0.39, 0.29) is 5.91 Å². The lowest BCUT2D eigenvalue weighted by molar-refractivity contribution is -0.127. The van der Waals surface area contributed by atoms with Gasteiger partial charge in [0.05, 0.1) is 11.9 Å². The van der Waals surface area contributed by atoms with Crippen molar-refractivity contribution in [3.05, 3.63) is 24.3 Å². The van der Waals surface area contributed by atoms with Gasteiger partial charge in [-0.25, -0.2) is 8.42 Å². The Morgan fingerprint density at radius 1 is 1.27 bits per heavy atom. The number of sulfonamides is 1. The first-order valence-electron chi connectivity index (χ1n) is 8.98. The van der Waals surface area contributed by atoms with Crippen LogP contribution in [0.15, 0.2) is 24.3 Å². The minimum absolute atomic E-state index is 0.149. The number of hydrogen-bond donors (Lipinski definition) is 1. The molecule has 1 fully saturated rings. The topological polar surface area (TPSA) is 78.9 Å². The van der Waals surface area contributed by atoms with Gasteiger partial charge in [-0.1, -0.05) is 0 Å². The first-order chi connectivity index (χ1) is 12.3. The van der Waals surface area contributed by atoms with Gasteiger partial charge < -0.3 is 15.0 Å². The van der Waals surface area contributed by atoms with E-state index in [1.54, 1.807) is 31.2 Å². The zero-order valence-corrected chi connectivity index (χ0v) is 16.6. The average molecular weight is 384 g/mol. The Morgan fingerprint density at radius 3 is 2.46 bits per heavy atom. The van der Waals surface area contributed by atoms with Gasteiger partial charge >= 0.3 is 0 Å². The maximum atomic E-state index is 12.1. The van der Waals surface area contributed by atoms with Gasteiger partial charge in [0.15, 0.2) is 6.10 Å². The summed E-state index contributed by atoms with van der Waals surface area (Å²) >= 11 is 0. The highest BCUT2D eigenvalue weighted by Gasteiger charge is 2.16. The molecule has 7 nitrogen and oxygen atoms in total. The molecule has 1 aromatic carbocycles. The monoisotopic (exact) mass is 383 g/mol. The van der Waals surface area contributed by atoms with Crippen LogP contribution in [0, 0.1) is 0 Å². The second kappa shape index (κ2) is 9.23. The first-order valence-corrected chi connectivity index (χ1v) is 10.8. The van der Waals surface area contributed by atoms with Crippen LogP contribution in [0.2, 0.25) is 0 Å². The molecule has 8 heteroatoms. The lowest BCUT2D eigenvalue weighted by Crippen LogP contribution is -2.37. The van der Waals surface area contributed by atoms with Crippen LogP contribution in [0.4, 0.5) is 5.69 Å². The quantitative estimate of drug-likeness (QED) is 0.653. The highest BCUT2D eigenvalue weighted by molar-refractivity contribution is 7.92. The molecule has 0 aliphatic carbocycles. The van der Waals surface area contributed by atoms with E-state index >= 15 is 0 Å². The van der Waals surface area contributed by atoms with E-state index in [9.17, 15) is 13.2 Å². The van der Waals surface area contributed by atoms with Crippen LogP contribution in [0.1, 0.15) is 26.2 Å². The minimum atomic E-state index is -3.30. The smallest absolute Gasteiger partial charge is 0.260 e. The van der Waals surface area contributed by atoms with Gasteiger partial charge in [0.2, 0.25) is 10.0 Å². The molecule has 26 heavy (non-hydrogen) atoms. The van der Waals surface area contributed by atoms with Crippen molar-refractivity contribution >= 4 is 21.6 Å². The largest absolute Gasteiger partial charge is 0.481 e. The zero-order chi connectivity index (χ0) is 19.2. The lowest BCUT2D eigenvalue weighted by atomic mass is 10.3. The van der Waals surface area contributed by atoms with Gasteiger partial charge in [0.25, 0.3) is 5.91 Å². The fourth-order valence-electron chi connectivity index (χ4n) is 2.85. The molecule has 0 bridgehead atoms. The Bertz CT molecular complexity index is 685. The Balaban J connectivity index is 1.75. The van der Waals surface area contributed by atoms with Gasteiger partial charge in [-0.3, -0.25) is 9.10 Å². The maximum Gasteiger partial charge on any atom is 0.260 e. The summed E-state index contributed by atoms with van der Waals surface area (Å²) in [4.78, 5) is 14.5. The number of ether oxygens (including phenoxy) is 1. The number of nitrogens with zero attached hydrogens (tertiary/aromatic N) is 2. The fourth-order valence-corrected chi connectivity index (χ4v) is 3.35. The first kappa shape index (κ1) is 20.5. The Hall–Kier alpha value is -1.80. The van der Waals surface area contributed by atoms with Crippen molar-refractivity contribution in [2.75, 3.05) is 43.8 Å². The van der Waals surface area contributed by atoms with Crippen LogP contribution in [-0.4, -0.2) is 64.8 Å². The van der Waals surface area contributed by atoms with Crippen LogP contribution < -0.4 is 14.4 Å². The zero-order valence-electron chi connectivity index (χ0n) is 15.8. The Morgan fingerprint density at radius 2 is 1.88 bits per heavy atom. The molecule has 146 valence electrons. The average Bonchev–Trinajstić information content (AvgIpc) is 3.11. The van der Waals surface area contributed by atoms with E-state index in [1.165, 1.54) is 24.2 Å². The Labute approximate surface area is 156 Å². The third-order valence-electron chi connectivity index (χ3n) is 4.53.